The summed E-state index contributed by atoms with van der Waals surface area (Å²) in [6, 6.07) is 4.62. The van der Waals surface area contributed by atoms with Crippen LogP contribution in [-0.4, -0.2) is 28.9 Å². The van der Waals surface area contributed by atoms with Gasteiger partial charge in [0, 0.05) is 31.6 Å². The SMILES string of the molecule is C=C1CCCN(C(=O)Cc2c[nH]c3cc(F)ccc23)CC1.CC.[HH]. The van der Waals surface area contributed by atoms with E-state index in [0.29, 0.717) is 6.42 Å². The molecule has 0 bridgehead atoms. The predicted octanol–water partition coefficient (Wildman–Crippen LogP) is 4.69. The number of amides is 1. The van der Waals surface area contributed by atoms with E-state index < -0.39 is 0 Å². The Labute approximate surface area is 138 Å². The lowest BCUT2D eigenvalue weighted by Crippen LogP contribution is -2.33. The highest BCUT2D eigenvalue weighted by molar-refractivity contribution is 5.89. The minimum absolute atomic E-state index is 0. The lowest BCUT2D eigenvalue weighted by atomic mass is 10.1. The lowest BCUT2D eigenvalue weighted by molar-refractivity contribution is -0.130. The topological polar surface area (TPSA) is 36.1 Å². The van der Waals surface area contributed by atoms with E-state index in [-0.39, 0.29) is 13.2 Å². The number of carbonyl (C=O) groups excluding carboxylic acids is 1. The summed E-state index contributed by atoms with van der Waals surface area (Å²) in [5, 5.41) is 0.920. The number of fused-ring (bicyclic) bond motifs is 1. The quantitative estimate of drug-likeness (QED) is 0.801. The first-order valence-corrected chi connectivity index (χ1v) is 8.33. The summed E-state index contributed by atoms with van der Waals surface area (Å²) in [5.41, 5.74) is 2.90. The molecule has 0 unspecified atom stereocenters. The molecule has 0 saturated carbocycles. The molecule has 1 aliphatic rings. The van der Waals surface area contributed by atoms with Crippen LogP contribution in [0.15, 0.2) is 36.5 Å². The smallest absolute Gasteiger partial charge is 0.227 e. The highest BCUT2D eigenvalue weighted by atomic mass is 19.1. The van der Waals surface area contributed by atoms with Gasteiger partial charge in [0.2, 0.25) is 5.91 Å². The van der Waals surface area contributed by atoms with Crippen molar-refractivity contribution in [2.45, 2.75) is 39.5 Å². The van der Waals surface area contributed by atoms with Crippen molar-refractivity contribution in [1.29, 1.82) is 0 Å². The Morgan fingerprint density at radius 2 is 2.13 bits per heavy atom. The highest BCUT2D eigenvalue weighted by Crippen LogP contribution is 2.21. The number of likely N-dealkylation sites (tertiary alicyclic amines) is 1. The Morgan fingerprint density at radius 3 is 2.91 bits per heavy atom. The number of aromatic amines is 1. The number of aromatic nitrogens is 1. The molecule has 3 rings (SSSR count). The average molecular weight is 318 g/mol. The van der Waals surface area contributed by atoms with Gasteiger partial charge in [-0.2, -0.15) is 0 Å². The van der Waals surface area contributed by atoms with Crippen molar-refractivity contribution >= 4 is 16.8 Å². The number of rotatable bonds is 2. The summed E-state index contributed by atoms with van der Waals surface area (Å²) in [4.78, 5) is 17.4. The third-order valence-corrected chi connectivity index (χ3v) is 4.12. The number of halogens is 1. The number of hydrogen-bond donors (Lipinski definition) is 1. The Kier molecular flexibility index (Phi) is 5.97. The molecular weight excluding hydrogens is 291 g/mol. The molecule has 2 heterocycles. The first-order chi connectivity index (χ1) is 11.1. The van der Waals surface area contributed by atoms with E-state index in [1.807, 2.05) is 18.7 Å². The number of H-pyrrole nitrogens is 1. The van der Waals surface area contributed by atoms with Gasteiger partial charge >= 0.3 is 0 Å². The number of carbonyl (C=O) groups is 1. The van der Waals surface area contributed by atoms with Crippen LogP contribution in [0, 0.1) is 5.82 Å². The van der Waals surface area contributed by atoms with Crippen LogP contribution in [0.5, 0.6) is 0 Å². The molecule has 0 radical (unpaired) electrons. The molecule has 126 valence electrons. The van der Waals surface area contributed by atoms with Crippen LogP contribution in [0.3, 0.4) is 0 Å². The van der Waals surface area contributed by atoms with E-state index in [1.54, 1.807) is 12.3 Å². The molecule has 3 nitrogen and oxygen atoms in total. The second-order valence-corrected chi connectivity index (χ2v) is 5.66. The van der Waals surface area contributed by atoms with Crippen molar-refractivity contribution in [3.63, 3.8) is 0 Å². The molecular formula is C19H27FN2O. The summed E-state index contributed by atoms with van der Waals surface area (Å²) in [5.74, 6) is -0.136. The molecule has 23 heavy (non-hydrogen) atoms. The summed E-state index contributed by atoms with van der Waals surface area (Å²) in [6.45, 7) is 9.57. The largest absolute Gasteiger partial charge is 0.361 e. The second kappa shape index (κ2) is 7.95. The zero-order valence-corrected chi connectivity index (χ0v) is 14.0. The molecule has 0 atom stereocenters. The van der Waals surface area contributed by atoms with Gasteiger partial charge < -0.3 is 9.88 Å². The average Bonchev–Trinajstić information content (AvgIpc) is 2.80. The Morgan fingerprint density at radius 1 is 1.35 bits per heavy atom. The fourth-order valence-electron chi connectivity index (χ4n) is 2.88. The van der Waals surface area contributed by atoms with Gasteiger partial charge in [0.15, 0.2) is 0 Å². The summed E-state index contributed by atoms with van der Waals surface area (Å²) in [6.07, 6.45) is 5.06. The van der Waals surface area contributed by atoms with Crippen LogP contribution in [0.1, 0.15) is 40.1 Å². The zero-order chi connectivity index (χ0) is 16.8. The Balaban J connectivity index is 0.000000925. The van der Waals surface area contributed by atoms with E-state index in [4.69, 9.17) is 0 Å². The fraction of sp³-hybridized carbons (Fsp3) is 0.421. The van der Waals surface area contributed by atoms with E-state index in [0.717, 1.165) is 48.8 Å². The van der Waals surface area contributed by atoms with Crippen molar-refractivity contribution < 1.29 is 10.6 Å². The molecule has 2 aromatic rings. The van der Waals surface area contributed by atoms with E-state index in [1.165, 1.54) is 17.7 Å². The number of nitrogens with one attached hydrogen (secondary N) is 1. The zero-order valence-electron chi connectivity index (χ0n) is 14.0. The second-order valence-electron chi connectivity index (χ2n) is 5.66. The normalized spacial score (nSPS) is 15.1. The summed E-state index contributed by atoms with van der Waals surface area (Å²) in [7, 11) is 0. The van der Waals surface area contributed by atoms with Crippen molar-refractivity contribution in [3.05, 3.63) is 47.9 Å². The van der Waals surface area contributed by atoms with Crippen LogP contribution in [0.4, 0.5) is 4.39 Å². The molecule has 1 aromatic heterocycles. The van der Waals surface area contributed by atoms with Gasteiger partial charge in [0.05, 0.1) is 6.42 Å². The number of nitrogens with zero attached hydrogens (tertiary/aromatic N) is 1. The number of benzene rings is 1. The standard InChI is InChI=1S/C17H19FN2O.C2H6.H2/c1-12-3-2-7-20(8-6-12)17(21)9-13-11-19-16-10-14(18)4-5-15(13)16;1-2;/h4-5,10-11,19H,1-3,6-9H2;1-2H3;1H. The molecule has 1 N–H and O–H groups in total. The maximum atomic E-state index is 13.2. The van der Waals surface area contributed by atoms with Gasteiger partial charge in [-0.25, -0.2) is 4.39 Å². The van der Waals surface area contributed by atoms with Crippen LogP contribution in [0.25, 0.3) is 10.9 Å². The van der Waals surface area contributed by atoms with E-state index >= 15 is 0 Å². The Hall–Kier alpha value is -2.10. The first kappa shape index (κ1) is 17.3. The van der Waals surface area contributed by atoms with Gasteiger partial charge in [-0.3, -0.25) is 4.79 Å². The minimum Gasteiger partial charge on any atom is -0.361 e. The summed E-state index contributed by atoms with van der Waals surface area (Å²) >= 11 is 0. The van der Waals surface area contributed by atoms with Gasteiger partial charge in [0.25, 0.3) is 0 Å². The molecule has 1 amide bonds. The van der Waals surface area contributed by atoms with Gasteiger partial charge in [-0.15, -0.1) is 0 Å². The van der Waals surface area contributed by atoms with Crippen LogP contribution >= 0.6 is 0 Å². The van der Waals surface area contributed by atoms with Gasteiger partial charge in [-0.05, 0) is 43.0 Å². The van der Waals surface area contributed by atoms with Crippen molar-refractivity contribution in [2.24, 2.45) is 0 Å². The third kappa shape index (κ3) is 4.21. The first-order valence-electron chi connectivity index (χ1n) is 8.33. The fourth-order valence-corrected chi connectivity index (χ4v) is 2.88. The van der Waals surface area contributed by atoms with Crippen LogP contribution in [0.2, 0.25) is 0 Å². The van der Waals surface area contributed by atoms with Crippen molar-refractivity contribution in [3.8, 4) is 0 Å². The van der Waals surface area contributed by atoms with E-state index in [9.17, 15) is 9.18 Å². The molecule has 1 aliphatic heterocycles. The maximum Gasteiger partial charge on any atom is 0.227 e. The predicted molar refractivity (Wildman–Crippen MR) is 95.0 cm³/mol. The molecule has 0 aliphatic carbocycles. The Bertz CT molecular complexity index is 696. The maximum absolute atomic E-state index is 13.2. The molecule has 1 aromatic carbocycles. The van der Waals surface area contributed by atoms with Crippen LogP contribution < -0.4 is 0 Å². The monoisotopic (exact) mass is 318 g/mol. The van der Waals surface area contributed by atoms with Gasteiger partial charge in [-0.1, -0.05) is 26.0 Å². The van der Waals surface area contributed by atoms with Gasteiger partial charge in [0.1, 0.15) is 5.82 Å². The molecule has 1 saturated heterocycles. The third-order valence-electron chi connectivity index (χ3n) is 4.12. The molecule has 4 heteroatoms. The van der Waals surface area contributed by atoms with Crippen molar-refractivity contribution in [2.75, 3.05) is 13.1 Å². The van der Waals surface area contributed by atoms with Crippen molar-refractivity contribution in [1.82, 2.24) is 9.88 Å². The molecule has 1 fully saturated rings. The van der Waals surface area contributed by atoms with Crippen LogP contribution in [-0.2, 0) is 11.2 Å². The molecule has 0 spiro atoms. The highest BCUT2D eigenvalue weighted by Gasteiger charge is 2.18. The minimum atomic E-state index is -0.270. The van der Waals surface area contributed by atoms with E-state index in [2.05, 4.69) is 11.6 Å². The summed E-state index contributed by atoms with van der Waals surface area (Å²) < 4.78 is 13.2. The number of hydrogen-bond acceptors (Lipinski definition) is 1. The lowest BCUT2D eigenvalue weighted by Gasteiger charge is -2.20.